The average Bonchev–Trinajstić information content (AvgIpc) is 3.20. The van der Waals surface area contributed by atoms with Crippen molar-refractivity contribution in [2.75, 3.05) is 19.7 Å². The van der Waals surface area contributed by atoms with Gasteiger partial charge in [-0.05, 0) is 68.7 Å². The van der Waals surface area contributed by atoms with Crippen molar-refractivity contribution in [2.24, 2.45) is 17.3 Å². The fraction of sp³-hybridized carbons (Fsp3) is 1.00. The number of hydrogen-bond acceptors (Lipinski definition) is 2. The van der Waals surface area contributed by atoms with Crippen LogP contribution in [0.25, 0.3) is 0 Å². The molecule has 0 radical (unpaired) electrons. The SMILES string of the molecule is CCCNCC1(OCC2CC2)CCC(C(C)(C)C)CC1. The normalized spacial score (nSPS) is 31.5. The van der Waals surface area contributed by atoms with Gasteiger partial charge in [-0.15, -0.1) is 0 Å². The summed E-state index contributed by atoms with van der Waals surface area (Å²) in [4.78, 5) is 0. The van der Waals surface area contributed by atoms with E-state index >= 15 is 0 Å². The largest absolute Gasteiger partial charge is 0.373 e. The summed E-state index contributed by atoms with van der Waals surface area (Å²) in [6.07, 6.45) is 9.16. The van der Waals surface area contributed by atoms with E-state index in [2.05, 4.69) is 33.0 Å². The first-order valence-corrected chi connectivity index (χ1v) is 8.80. The van der Waals surface area contributed by atoms with Gasteiger partial charge in [-0.1, -0.05) is 27.7 Å². The highest BCUT2D eigenvalue weighted by molar-refractivity contribution is 4.92. The van der Waals surface area contributed by atoms with E-state index < -0.39 is 0 Å². The number of hydrogen-bond donors (Lipinski definition) is 1. The summed E-state index contributed by atoms with van der Waals surface area (Å²) in [6, 6.07) is 0. The Kier molecular flexibility index (Phi) is 5.53. The van der Waals surface area contributed by atoms with Crippen molar-refractivity contribution in [3.05, 3.63) is 0 Å². The first-order chi connectivity index (χ1) is 9.45. The Bertz CT molecular complexity index is 282. The van der Waals surface area contributed by atoms with Crippen molar-refractivity contribution in [2.45, 2.75) is 78.2 Å². The quantitative estimate of drug-likeness (QED) is 0.699. The molecule has 2 saturated carbocycles. The number of nitrogens with one attached hydrogen (secondary N) is 1. The van der Waals surface area contributed by atoms with Gasteiger partial charge in [0.1, 0.15) is 0 Å². The fourth-order valence-electron chi connectivity index (χ4n) is 3.45. The minimum atomic E-state index is 0.138. The highest BCUT2D eigenvalue weighted by Crippen LogP contribution is 2.43. The molecule has 2 aliphatic rings. The van der Waals surface area contributed by atoms with E-state index in [0.717, 1.165) is 31.5 Å². The lowest BCUT2D eigenvalue weighted by Gasteiger charge is -2.44. The van der Waals surface area contributed by atoms with E-state index in [4.69, 9.17) is 4.74 Å². The van der Waals surface area contributed by atoms with Gasteiger partial charge in [0.15, 0.2) is 0 Å². The molecule has 2 heteroatoms. The third-order valence-corrected chi connectivity index (χ3v) is 5.32. The Labute approximate surface area is 126 Å². The van der Waals surface area contributed by atoms with Crippen molar-refractivity contribution < 1.29 is 4.74 Å². The second-order valence-corrected chi connectivity index (χ2v) is 8.25. The standard InChI is InChI=1S/C18H35NO/c1-5-12-19-14-18(20-13-15-6-7-15)10-8-16(9-11-18)17(2,3)4/h15-16,19H,5-14H2,1-4H3. The van der Waals surface area contributed by atoms with E-state index in [1.54, 1.807) is 0 Å². The van der Waals surface area contributed by atoms with Gasteiger partial charge < -0.3 is 10.1 Å². The summed E-state index contributed by atoms with van der Waals surface area (Å²) in [7, 11) is 0. The summed E-state index contributed by atoms with van der Waals surface area (Å²) >= 11 is 0. The summed E-state index contributed by atoms with van der Waals surface area (Å²) < 4.78 is 6.44. The van der Waals surface area contributed by atoms with Gasteiger partial charge in [0.05, 0.1) is 12.2 Å². The molecule has 0 atom stereocenters. The molecule has 2 fully saturated rings. The molecule has 2 rings (SSSR count). The van der Waals surface area contributed by atoms with Crippen LogP contribution in [0, 0.1) is 17.3 Å². The first kappa shape index (κ1) is 16.3. The van der Waals surface area contributed by atoms with Crippen LogP contribution in [-0.2, 0) is 4.74 Å². The van der Waals surface area contributed by atoms with Crippen molar-refractivity contribution >= 4 is 0 Å². The monoisotopic (exact) mass is 281 g/mol. The van der Waals surface area contributed by atoms with Crippen LogP contribution in [0.1, 0.15) is 72.6 Å². The molecule has 0 saturated heterocycles. The van der Waals surface area contributed by atoms with Crippen LogP contribution >= 0.6 is 0 Å². The van der Waals surface area contributed by atoms with Crippen molar-refractivity contribution in [3.63, 3.8) is 0 Å². The minimum Gasteiger partial charge on any atom is -0.373 e. The van der Waals surface area contributed by atoms with E-state index in [1.807, 2.05) is 0 Å². The Morgan fingerprint density at radius 1 is 1.10 bits per heavy atom. The molecule has 0 aromatic heterocycles. The zero-order valence-corrected chi connectivity index (χ0v) is 14.1. The van der Waals surface area contributed by atoms with Crippen LogP contribution < -0.4 is 5.32 Å². The zero-order chi connectivity index (χ0) is 14.6. The Morgan fingerprint density at radius 3 is 2.25 bits per heavy atom. The Balaban J connectivity index is 1.86. The van der Waals surface area contributed by atoms with Crippen LogP contribution in [0.3, 0.4) is 0 Å². The van der Waals surface area contributed by atoms with Crippen molar-refractivity contribution in [1.29, 1.82) is 0 Å². The predicted molar refractivity (Wildman–Crippen MR) is 86.0 cm³/mol. The van der Waals surface area contributed by atoms with E-state index in [0.29, 0.717) is 5.41 Å². The van der Waals surface area contributed by atoms with Gasteiger partial charge in [0, 0.05) is 6.54 Å². The molecular weight excluding hydrogens is 246 g/mol. The summed E-state index contributed by atoms with van der Waals surface area (Å²) in [5.41, 5.74) is 0.596. The van der Waals surface area contributed by atoms with Gasteiger partial charge in [0.2, 0.25) is 0 Å². The molecule has 0 amide bonds. The molecule has 0 unspecified atom stereocenters. The molecule has 20 heavy (non-hydrogen) atoms. The molecule has 0 aromatic rings. The summed E-state index contributed by atoms with van der Waals surface area (Å²) in [5.74, 6) is 1.74. The Hall–Kier alpha value is -0.0800. The lowest BCUT2D eigenvalue weighted by molar-refractivity contribution is -0.0880. The molecular formula is C18H35NO. The molecule has 0 heterocycles. The minimum absolute atomic E-state index is 0.138. The van der Waals surface area contributed by atoms with Gasteiger partial charge in [-0.25, -0.2) is 0 Å². The zero-order valence-electron chi connectivity index (χ0n) is 14.1. The molecule has 1 N–H and O–H groups in total. The first-order valence-electron chi connectivity index (χ1n) is 8.80. The van der Waals surface area contributed by atoms with Crippen LogP contribution in [-0.4, -0.2) is 25.3 Å². The van der Waals surface area contributed by atoms with Gasteiger partial charge in [-0.3, -0.25) is 0 Å². The maximum atomic E-state index is 6.44. The van der Waals surface area contributed by atoms with Gasteiger partial charge in [-0.2, -0.15) is 0 Å². The topological polar surface area (TPSA) is 21.3 Å². The number of ether oxygens (including phenoxy) is 1. The van der Waals surface area contributed by atoms with E-state index in [9.17, 15) is 0 Å². The highest BCUT2D eigenvalue weighted by Gasteiger charge is 2.40. The second kappa shape index (κ2) is 6.79. The van der Waals surface area contributed by atoms with E-state index in [1.165, 1.54) is 44.9 Å². The molecule has 118 valence electrons. The van der Waals surface area contributed by atoms with Gasteiger partial charge in [0.25, 0.3) is 0 Å². The lowest BCUT2D eigenvalue weighted by atomic mass is 9.68. The smallest absolute Gasteiger partial charge is 0.0806 e. The molecule has 0 bridgehead atoms. The van der Waals surface area contributed by atoms with Crippen molar-refractivity contribution in [1.82, 2.24) is 5.32 Å². The molecule has 0 spiro atoms. The molecule has 0 aliphatic heterocycles. The highest BCUT2D eigenvalue weighted by atomic mass is 16.5. The third kappa shape index (κ3) is 4.73. The van der Waals surface area contributed by atoms with Crippen LogP contribution in [0.5, 0.6) is 0 Å². The van der Waals surface area contributed by atoms with Gasteiger partial charge >= 0.3 is 0 Å². The summed E-state index contributed by atoms with van der Waals surface area (Å²) in [6.45, 7) is 12.6. The van der Waals surface area contributed by atoms with Crippen LogP contribution in [0.15, 0.2) is 0 Å². The maximum absolute atomic E-state index is 6.44. The molecule has 0 aromatic carbocycles. The molecule has 2 aliphatic carbocycles. The fourth-order valence-corrected chi connectivity index (χ4v) is 3.45. The maximum Gasteiger partial charge on any atom is 0.0806 e. The molecule has 2 nitrogen and oxygen atoms in total. The van der Waals surface area contributed by atoms with Crippen molar-refractivity contribution in [3.8, 4) is 0 Å². The summed E-state index contributed by atoms with van der Waals surface area (Å²) in [5, 5.41) is 3.62. The van der Waals surface area contributed by atoms with E-state index in [-0.39, 0.29) is 5.60 Å². The number of rotatable bonds is 7. The predicted octanol–water partition coefficient (Wildman–Crippen LogP) is 4.39. The third-order valence-electron chi connectivity index (χ3n) is 5.32. The lowest BCUT2D eigenvalue weighted by Crippen LogP contribution is -2.47. The average molecular weight is 281 g/mol. The van der Waals surface area contributed by atoms with Crippen LogP contribution in [0.2, 0.25) is 0 Å². The van der Waals surface area contributed by atoms with Crippen LogP contribution in [0.4, 0.5) is 0 Å². The second-order valence-electron chi connectivity index (χ2n) is 8.25. The Morgan fingerprint density at radius 2 is 1.75 bits per heavy atom.